The van der Waals surface area contributed by atoms with Crippen molar-refractivity contribution in [1.29, 1.82) is 0 Å². The molecule has 1 saturated heterocycles. The second-order valence-electron chi connectivity index (χ2n) is 4.12. The molecule has 2 atom stereocenters. The van der Waals surface area contributed by atoms with E-state index in [-0.39, 0.29) is 5.41 Å². The lowest BCUT2D eigenvalue weighted by molar-refractivity contribution is 0.168. The predicted molar refractivity (Wildman–Crippen MR) is 43.8 cm³/mol. The fourth-order valence-electron chi connectivity index (χ4n) is 1.64. The van der Waals surface area contributed by atoms with E-state index in [2.05, 4.69) is 26.1 Å². The maximum absolute atomic E-state index is 6.02. The van der Waals surface area contributed by atoms with Crippen molar-refractivity contribution in [2.24, 2.45) is 17.1 Å². The number of nitrogens with one attached hydrogen (secondary N) is 1. The van der Waals surface area contributed by atoms with Gasteiger partial charge in [0.2, 0.25) is 0 Å². The third-order valence-electron chi connectivity index (χ3n) is 2.56. The highest BCUT2D eigenvalue weighted by Gasteiger charge is 2.33. The largest absolute Gasteiger partial charge is 0.327 e. The van der Waals surface area contributed by atoms with Crippen LogP contribution in [0.2, 0.25) is 0 Å². The van der Waals surface area contributed by atoms with Gasteiger partial charge >= 0.3 is 0 Å². The smallest absolute Gasteiger partial charge is 0.0140 e. The van der Waals surface area contributed by atoms with Crippen LogP contribution in [-0.2, 0) is 0 Å². The average Bonchev–Trinajstić information content (AvgIpc) is 1.83. The molecule has 1 aliphatic heterocycles. The maximum Gasteiger partial charge on any atom is 0.0140 e. The van der Waals surface area contributed by atoms with Crippen LogP contribution in [0.3, 0.4) is 0 Å². The SMILES string of the molecule is CC1CNCC(C)(C)C1N. The summed E-state index contributed by atoms with van der Waals surface area (Å²) in [6.45, 7) is 8.78. The van der Waals surface area contributed by atoms with Crippen molar-refractivity contribution in [3.05, 3.63) is 0 Å². The Morgan fingerprint density at radius 2 is 2.10 bits per heavy atom. The van der Waals surface area contributed by atoms with E-state index in [9.17, 15) is 0 Å². The molecule has 0 amide bonds. The first-order chi connectivity index (χ1) is 4.54. The van der Waals surface area contributed by atoms with Gasteiger partial charge in [-0.3, -0.25) is 0 Å². The third-order valence-corrected chi connectivity index (χ3v) is 2.56. The molecule has 1 fully saturated rings. The Hall–Kier alpha value is -0.0800. The van der Waals surface area contributed by atoms with E-state index in [1.165, 1.54) is 0 Å². The molecule has 2 heteroatoms. The topological polar surface area (TPSA) is 38.0 Å². The molecule has 2 unspecified atom stereocenters. The van der Waals surface area contributed by atoms with Gasteiger partial charge in [0.25, 0.3) is 0 Å². The van der Waals surface area contributed by atoms with Gasteiger partial charge in [-0.1, -0.05) is 20.8 Å². The fourth-order valence-corrected chi connectivity index (χ4v) is 1.64. The van der Waals surface area contributed by atoms with Crippen molar-refractivity contribution in [1.82, 2.24) is 5.32 Å². The van der Waals surface area contributed by atoms with E-state index in [4.69, 9.17) is 5.73 Å². The number of piperidine rings is 1. The van der Waals surface area contributed by atoms with Crippen LogP contribution in [0.1, 0.15) is 20.8 Å². The standard InChI is InChI=1S/C8H18N2/c1-6-4-10-5-8(2,3)7(6)9/h6-7,10H,4-5,9H2,1-3H3. The third kappa shape index (κ3) is 1.32. The normalized spacial score (nSPS) is 39.6. The first kappa shape index (κ1) is 8.02. The van der Waals surface area contributed by atoms with Crippen LogP contribution < -0.4 is 11.1 Å². The quantitative estimate of drug-likeness (QED) is 0.519. The molecule has 0 aromatic rings. The van der Waals surface area contributed by atoms with Crippen molar-refractivity contribution < 1.29 is 0 Å². The highest BCUT2D eigenvalue weighted by Crippen LogP contribution is 2.26. The minimum absolute atomic E-state index is 0.275. The first-order valence-corrected chi connectivity index (χ1v) is 4.00. The van der Waals surface area contributed by atoms with Gasteiger partial charge in [0, 0.05) is 12.6 Å². The number of nitrogens with two attached hydrogens (primary N) is 1. The van der Waals surface area contributed by atoms with Crippen LogP contribution in [0.4, 0.5) is 0 Å². The molecule has 10 heavy (non-hydrogen) atoms. The number of hydrogen-bond acceptors (Lipinski definition) is 2. The van der Waals surface area contributed by atoms with Gasteiger partial charge in [-0.15, -0.1) is 0 Å². The molecule has 0 radical (unpaired) electrons. The van der Waals surface area contributed by atoms with Gasteiger partial charge < -0.3 is 11.1 Å². The van der Waals surface area contributed by atoms with Crippen LogP contribution in [0.15, 0.2) is 0 Å². The van der Waals surface area contributed by atoms with Crippen LogP contribution in [0.25, 0.3) is 0 Å². The van der Waals surface area contributed by atoms with Gasteiger partial charge in [0.1, 0.15) is 0 Å². The van der Waals surface area contributed by atoms with Crippen LogP contribution in [0, 0.1) is 11.3 Å². The van der Waals surface area contributed by atoms with Gasteiger partial charge in [-0.2, -0.15) is 0 Å². The Morgan fingerprint density at radius 1 is 1.50 bits per heavy atom. The molecular weight excluding hydrogens is 124 g/mol. The predicted octanol–water partition coefficient (Wildman–Crippen LogP) is 0.579. The minimum atomic E-state index is 0.275. The highest BCUT2D eigenvalue weighted by molar-refractivity contribution is 4.91. The van der Waals surface area contributed by atoms with E-state index in [1.54, 1.807) is 0 Å². The van der Waals surface area contributed by atoms with Gasteiger partial charge in [-0.05, 0) is 17.9 Å². The summed E-state index contributed by atoms with van der Waals surface area (Å²) in [5.74, 6) is 0.615. The number of hydrogen-bond donors (Lipinski definition) is 2. The van der Waals surface area contributed by atoms with Crippen LogP contribution in [-0.4, -0.2) is 19.1 Å². The zero-order chi connectivity index (χ0) is 7.78. The van der Waals surface area contributed by atoms with Gasteiger partial charge in [0.05, 0.1) is 0 Å². The van der Waals surface area contributed by atoms with E-state index in [1.807, 2.05) is 0 Å². The molecule has 1 heterocycles. The van der Waals surface area contributed by atoms with Crippen molar-refractivity contribution in [3.63, 3.8) is 0 Å². The van der Waals surface area contributed by atoms with E-state index >= 15 is 0 Å². The summed E-state index contributed by atoms with van der Waals surface area (Å²) >= 11 is 0. The van der Waals surface area contributed by atoms with Crippen LogP contribution in [0.5, 0.6) is 0 Å². The first-order valence-electron chi connectivity index (χ1n) is 4.00. The summed E-state index contributed by atoms with van der Waals surface area (Å²) in [6, 6.07) is 0.355. The van der Waals surface area contributed by atoms with Crippen molar-refractivity contribution in [2.45, 2.75) is 26.8 Å². The van der Waals surface area contributed by atoms with Crippen LogP contribution >= 0.6 is 0 Å². The van der Waals surface area contributed by atoms with Crippen molar-refractivity contribution in [3.8, 4) is 0 Å². The van der Waals surface area contributed by atoms with Gasteiger partial charge in [-0.25, -0.2) is 0 Å². The lowest BCUT2D eigenvalue weighted by atomic mass is 9.76. The van der Waals surface area contributed by atoms with E-state index in [0.29, 0.717) is 12.0 Å². The van der Waals surface area contributed by atoms with Crippen molar-refractivity contribution in [2.75, 3.05) is 13.1 Å². The lowest BCUT2D eigenvalue weighted by Crippen LogP contribution is -2.55. The zero-order valence-electron chi connectivity index (χ0n) is 7.15. The zero-order valence-corrected chi connectivity index (χ0v) is 7.15. The minimum Gasteiger partial charge on any atom is -0.327 e. The second kappa shape index (κ2) is 2.51. The van der Waals surface area contributed by atoms with Crippen molar-refractivity contribution >= 4 is 0 Å². The molecule has 1 aliphatic rings. The Balaban J connectivity index is 2.60. The maximum atomic E-state index is 6.02. The molecule has 0 bridgehead atoms. The highest BCUT2D eigenvalue weighted by atomic mass is 14.9. The Labute approximate surface area is 63.2 Å². The Bertz CT molecular complexity index is 120. The summed E-state index contributed by atoms with van der Waals surface area (Å²) in [5, 5.41) is 3.38. The van der Waals surface area contributed by atoms with E-state index in [0.717, 1.165) is 13.1 Å². The summed E-state index contributed by atoms with van der Waals surface area (Å²) < 4.78 is 0. The Kier molecular flexibility index (Phi) is 2.02. The summed E-state index contributed by atoms with van der Waals surface area (Å²) in [7, 11) is 0. The number of rotatable bonds is 0. The fraction of sp³-hybridized carbons (Fsp3) is 1.00. The molecule has 0 saturated carbocycles. The summed E-state index contributed by atoms with van der Waals surface area (Å²) in [5.41, 5.74) is 6.29. The Morgan fingerprint density at radius 3 is 2.50 bits per heavy atom. The summed E-state index contributed by atoms with van der Waals surface area (Å²) in [6.07, 6.45) is 0. The van der Waals surface area contributed by atoms with Gasteiger partial charge in [0.15, 0.2) is 0 Å². The molecule has 60 valence electrons. The molecule has 0 aromatic carbocycles. The monoisotopic (exact) mass is 142 g/mol. The summed E-state index contributed by atoms with van der Waals surface area (Å²) in [4.78, 5) is 0. The molecule has 0 aromatic heterocycles. The molecule has 2 nitrogen and oxygen atoms in total. The molecule has 0 aliphatic carbocycles. The molecule has 0 spiro atoms. The average molecular weight is 142 g/mol. The molecule has 3 N–H and O–H groups in total. The molecule has 1 rings (SSSR count). The van der Waals surface area contributed by atoms with E-state index < -0.39 is 0 Å². The second-order valence-corrected chi connectivity index (χ2v) is 4.12. The lowest BCUT2D eigenvalue weighted by Gasteiger charge is -2.40. The molecular formula is C8H18N2.